The average molecular weight is 427 g/mol. The minimum atomic E-state index is -0.0158. The van der Waals surface area contributed by atoms with E-state index in [1.165, 1.54) is 116 Å². The molecule has 0 aliphatic heterocycles. The number of carbonyl (C=O) groups is 1. The third kappa shape index (κ3) is 17.1. The van der Waals surface area contributed by atoms with Gasteiger partial charge in [0.2, 0.25) is 0 Å². The highest BCUT2D eigenvalue weighted by atomic mass is 16.5. The molecule has 0 atom stereocenters. The van der Waals surface area contributed by atoms with Crippen molar-refractivity contribution in [3.63, 3.8) is 0 Å². The number of hydrogen-bond acceptors (Lipinski definition) is 2. The molecule has 180 valence electrons. The summed E-state index contributed by atoms with van der Waals surface area (Å²) in [5.41, 5.74) is 0. The second-order valence-electron chi connectivity index (χ2n) is 9.55. The van der Waals surface area contributed by atoms with Crippen molar-refractivity contribution in [3.05, 3.63) is 0 Å². The Kier molecular flexibility index (Phi) is 21.2. The van der Waals surface area contributed by atoms with Crippen molar-refractivity contribution in [2.24, 2.45) is 0 Å². The van der Waals surface area contributed by atoms with Gasteiger partial charge in [-0.1, -0.05) is 97.8 Å². The molecule has 0 radical (unpaired) electrons. The molecule has 0 aromatic rings. The molecule has 30 heavy (non-hydrogen) atoms. The molecular formula is C27H56NO2+. The van der Waals surface area contributed by atoms with Crippen molar-refractivity contribution in [2.45, 2.75) is 136 Å². The molecule has 0 heterocycles. The van der Waals surface area contributed by atoms with Gasteiger partial charge in [0.1, 0.15) is 0 Å². The zero-order chi connectivity index (χ0) is 22.3. The lowest BCUT2D eigenvalue weighted by Gasteiger charge is -2.38. The van der Waals surface area contributed by atoms with Crippen LogP contribution in [0.15, 0.2) is 0 Å². The van der Waals surface area contributed by atoms with Crippen molar-refractivity contribution < 1.29 is 14.0 Å². The van der Waals surface area contributed by atoms with Crippen LogP contribution in [0.4, 0.5) is 0 Å². The number of esters is 1. The molecule has 0 saturated heterocycles. The summed E-state index contributed by atoms with van der Waals surface area (Å²) in [5, 5.41) is 0. The van der Waals surface area contributed by atoms with Gasteiger partial charge in [-0.25, -0.2) is 4.79 Å². The first-order valence-corrected chi connectivity index (χ1v) is 13.6. The molecule has 0 unspecified atom stereocenters. The van der Waals surface area contributed by atoms with Crippen LogP contribution in [0.25, 0.3) is 0 Å². The van der Waals surface area contributed by atoms with Crippen LogP contribution in [0.2, 0.25) is 0 Å². The van der Waals surface area contributed by atoms with Crippen molar-refractivity contribution in [2.75, 3.05) is 33.3 Å². The molecular weight excluding hydrogens is 370 g/mol. The number of nitrogens with zero attached hydrogens (tertiary/aromatic N) is 1. The normalized spacial score (nSPS) is 11.7. The van der Waals surface area contributed by atoms with Gasteiger partial charge in [0.15, 0.2) is 6.54 Å². The summed E-state index contributed by atoms with van der Waals surface area (Å²) in [6, 6.07) is 0. The molecule has 0 aliphatic rings. The van der Waals surface area contributed by atoms with E-state index in [0.717, 1.165) is 24.1 Å². The Morgan fingerprint density at radius 1 is 0.533 bits per heavy atom. The van der Waals surface area contributed by atoms with Crippen LogP contribution in [0.1, 0.15) is 136 Å². The van der Waals surface area contributed by atoms with Gasteiger partial charge in [0.05, 0.1) is 26.7 Å². The number of methoxy groups -OCH3 is 1. The van der Waals surface area contributed by atoms with Gasteiger partial charge in [0.25, 0.3) is 0 Å². The molecule has 0 spiro atoms. The first-order valence-electron chi connectivity index (χ1n) is 13.6. The van der Waals surface area contributed by atoms with Gasteiger partial charge in [-0.2, -0.15) is 0 Å². The van der Waals surface area contributed by atoms with Gasteiger partial charge in [0, 0.05) is 0 Å². The lowest BCUT2D eigenvalue weighted by molar-refractivity contribution is -0.922. The van der Waals surface area contributed by atoms with E-state index in [4.69, 9.17) is 4.74 Å². The zero-order valence-electron chi connectivity index (χ0n) is 21.3. The Morgan fingerprint density at radius 3 is 1.13 bits per heavy atom. The number of hydrogen-bond donors (Lipinski definition) is 0. The van der Waals surface area contributed by atoms with Crippen molar-refractivity contribution in [3.8, 4) is 0 Å². The fourth-order valence-corrected chi connectivity index (χ4v) is 4.59. The number of carbonyl (C=O) groups excluding carboxylic acids is 1. The number of quaternary nitrogens is 1. The highest BCUT2D eigenvalue weighted by Crippen LogP contribution is 2.19. The molecule has 0 amide bonds. The highest BCUT2D eigenvalue weighted by molar-refractivity contribution is 5.70. The molecule has 0 rings (SSSR count). The lowest BCUT2D eigenvalue weighted by Crippen LogP contribution is -2.53. The third-order valence-electron chi connectivity index (χ3n) is 6.65. The predicted molar refractivity (Wildman–Crippen MR) is 132 cm³/mol. The Bertz CT molecular complexity index is 329. The molecule has 0 bridgehead atoms. The van der Waals surface area contributed by atoms with E-state index in [1.807, 2.05) is 0 Å². The molecule has 0 N–H and O–H groups in total. The van der Waals surface area contributed by atoms with E-state index in [-0.39, 0.29) is 5.97 Å². The molecule has 3 nitrogen and oxygen atoms in total. The number of ether oxygens (including phenoxy) is 1. The maximum absolute atomic E-state index is 12.3. The zero-order valence-corrected chi connectivity index (χ0v) is 21.3. The van der Waals surface area contributed by atoms with Gasteiger partial charge in [-0.3, -0.25) is 0 Å². The fourth-order valence-electron chi connectivity index (χ4n) is 4.59. The predicted octanol–water partition coefficient (Wildman–Crippen LogP) is 8.06. The second-order valence-corrected chi connectivity index (χ2v) is 9.55. The van der Waals surface area contributed by atoms with Crippen LogP contribution in [0.5, 0.6) is 0 Å². The van der Waals surface area contributed by atoms with Crippen LogP contribution in [0.3, 0.4) is 0 Å². The number of unbranched alkanes of at least 4 members (excludes halogenated alkanes) is 15. The summed E-state index contributed by atoms with van der Waals surface area (Å²) >= 11 is 0. The van der Waals surface area contributed by atoms with Gasteiger partial charge < -0.3 is 9.22 Å². The van der Waals surface area contributed by atoms with Crippen LogP contribution in [-0.2, 0) is 9.53 Å². The Balaban J connectivity index is 4.72. The minimum absolute atomic E-state index is 0.0158. The highest BCUT2D eigenvalue weighted by Gasteiger charge is 2.29. The first kappa shape index (κ1) is 29.4. The summed E-state index contributed by atoms with van der Waals surface area (Å²) in [5.74, 6) is -0.0158. The van der Waals surface area contributed by atoms with Crippen molar-refractivity contribution in [1.29, 1.82) is 0 Å². The maximum atomic E-state index is 12.3. The second kappa shape index (κ2) is 21.7. The third-order valence-corrected chi connectivity index (χ3v) is 6.65. The Morgan fingerprint density at radius 2 is 0.833 bits per heavy atom. The fraction of sp³-hybridized carbons (Fsp3) is 0.963. The van der Waals surface area contributed by atoms with Crippen LogP contribution < -0.4 is 0 Å². The van der Waals surface area contributed by atoms with Gasteiger partial charge in [-0.15, -0.1) is 0 Å². The molecule has 0 saturated carbocycles. The largest absolute Gasteiger partial charge is 0.465 e. The molecule has 3 heteroatoms. The Hall–Kier alpha value is -0.570. The molecule has 0 aliphatic carbocycles. The van der Waals surface area contributed by atoms with Crippen molar-refractivity contribution >= 4 is 5.97 Å². The lowest BCUT2D eigenvalue weighted by atomic mass is 10.1. The first-order chi connectivity index (χ1) is 14.6. The summed E-state index contributed by atoms with van der Waals surface area (Å²) in [4.78, 5) is 12.3. The monoisotopic (exact) mass is 426 g/mol. The van der Waals surface area contributed by atoms with Crippen molar-refractivity contribution in [1.82, 2.24) is 0 Å². The van der Waals surface area contributed by atoms with E-state index in [1.54, 1.807) is 7.11 Å². The number of rotatable bonds is 23. The van der Waals surface area contributed by atoms with E-state index in [0.29, 0.717) is 6.54 Å². The summed E-state index contributed by atoms with van der Waals surface area (Å²) in [7, 11) is 1.55. The van der Waals surface area contributed by atoms with Crippen LogP contribution >= 0.6 is 0 Å². The van der Waals surface area contributed by atoms with E-state index >= 15 is 0 Å². The van der Waals surface area contributed by atoms with Gasteiger partial charge in [-0.05, 0) is 38.5 Å². The standard InChI is InChI=1S/C27H56NO2/c1-5-8-11-14-17-20-23-28(26-27(29)30-4,24-21-18-15-12-9-6-2)25-22-19-16-13-10-7-3/h5-26H2,1-4H3/q+1. The maximum Gasteiger partial charge on any atom is 0.361 e. The molecule has 0 fully saturated rings. The smallest absolute Gasteiger partial charge is 0.361 e. The van der Waals surface area contributed by atoms with E-state index in [2.05, 4.69) is 20.8 Å². The van der Waals surface area contributed by atoms with Crippen LogP contribution in [0, 0.1) is 0 Å². The quantitative estimate of drug-likeness (QED) is 0.0938. The summed E-state index contributed by atoms with van der Waals surface area (Å²) in [6.45, 7) is 10.9. The SMILES string of the molecule is CCCCCCCC[N+](CCCCCCCC)(CCCCCCCC)CC(=O)OC. The van der Waals surface area contributed by atoms with E-state index in [9.17, 15) is 4.79 Å². The molecule has 0 aromatic carbocycles. The minimum Gasteiger partial charge on any atom is -0.465 e. The van der Waals surface area contributed by atoms with Gasteiger partial charge >= 0.3 is 5.97 Å². The topological polar surface area (TPSA) is 26.3 Å². The summed E-state index contributed by atoms with van der Waals surface area (Å²) in [6.07, 6.45) is 23.8. The van der Waals surface area contributed by atoms with Crippen LogP contribution in [-0.4, -0.2) is 43.7 Å². The average Bonchev–Trinajstić information content (AvgIpc) is 2.75. The summed E-state index contributed by atoms with van der Waals surface area (Å²) < 4.78 is 6.10. The molecule has 0 aromatic heterocycles. The van der Waals surface area contributed by atoms with E-state index < -0.39 is 0 Å². The Labute approximate surface area is 189 Å².